The zero-order valence-electron chi connectivity index (χ0n) is 13.9. The Hall–Kier alpha value is -2.79. The molecule has 0 radical (unpaired) electrons. The summed E-state index contributed by atoms with van der Waals surface area (Å²) in [5.41, 5.74) is 1.19. The molecule has 1 heterocycles. The van der Waals surface area contributed by atoms with Crippen molar-refractivity contribution < 1.29 is 9.72 Å². The number of hydrogen-bond acceptors (Lipinski definition) is 4. The molecule has 1 aliphatic heterocycles. The summed E-state index contributed by atoms with van der Waals surface area (Å²) in [5, 5.41) is 14.7. The molecule has 1 N–H and O–H groups in total. The van der Waals surface area contributed by atoms with E-state index in [9.17, 15) is 14.9 Å². The molecule has 2 aromatic rings. The molecule has 0 amide bonds. The van der Waals surface area contributed by atoms with Crippen molar-refractivity contribution in [2.75, 3.05) is 6.54 Å². The van der Waals surface area contributed by atoms with Crippen molar-refractivity contribution >= 4 is 17.5 Å². The van der Waals surface area contributed by atoms with Crippen LogP contribution in [0.5, 0.6) is 0 Å². The molecule has 0 bridgehead atoms. The third kappa shape index (κ3) is 4.19. The second-order valence-electron chi connectivity index (χ2n) is 6.14. The average Bonchev–Trinajstić information content (AvgIpc) is 2.67. The van der Waals surface area contributed by atoms with Gasteiger partial charge in [-0.1, -0.05) is 48.9 Å². The van der Waals surface area contributed by atoms with E-state index < -0.39 is 4.92 Å². The number of carbonyl (C=O) groups excluding carboxylic acids is 1. The first kappa shape index (κ1) is 17.0. The lowest BCUT2D eigenvalue weighted by Crippen LogP contribution is -2.31. The van der Waals surface area contributed by atoms with Crippen molar-refractivity contribution in [2.24, 2.45) is 0 Å². The topological polar surface area (TPSA) is 72.2 Å². The maximum absolute atomic E-state index is 12.7. The Morgan fingerprint density at radius 1 is 1.16 bits per heavy atom. The Labute approximate surface area is 146 Å². The molecule has 128 valence electrons. The number of nitro groups is 1. The molecular formula is C20H20N2O3. The summed E-state index contributed by atoms with van der Waals surface area (Å²) in [7, 11) is 0. The Morgan fingerprint density at radius 3 is 2.64 bits per heavy atom. The standard InChI is InChI=1S/C20H20N2O3/c23-20(16-6-2-1-3-7-16)18-14-15(10-12-19(18)22(24)25)9-11-17-8-4-5-13-21-17/h1-3,6-7,9-12,14,17,21H,4-5,8,13H2/b11-9+. The first-order valence-electron chi connectivity index (χ1n) is 8.45. The normalized spacial score (nSPS) is 17.5. The second-order valence-corrected chi connectivity index (χ2v) is 6.14. The van der Waals surface area contributed by atoms with Gasteiger partial charge in [0.2, 0.25) is 0 Å². The van der Waals surface area contributed by atoms with Gasteiger partial charge < -0.3 is 5.32 Å². The van der Waals surface area contributed by atoms with E-state index in [2.05, 4.69) is 11.4 Å². The van der Waals surface area contributed by atoms with Gasteiger partial charge in [0.1, 0.15) is 5.56 Å². The summed E-state index contributed by atoms with van der Waals surface area (Å²) in [6, 6.07) is 13.6. The smallest absolute Gasteiger partial charge is 0.280 e. The summed E-state index contributed by atoms with van der Waals surface area (Å²) in [4.78, 5) is 23.5. The minimum Gasteiger partial charge on any atom is -0.311 e. The highest BCUT2D eigenvalue weighted by Gasteiger charge is 2.21. The van der Waals surface area contributed by atoms with E-state index in [1.807, 2.05) is 12.1 Å². The van der Waals surface area contributed by atoms with Crippen LogP contribution in [0.1, 0.15) is 40.7 Å². The summed E-state index contributed by atoms with van der Waals surface area (Å²) in [6.45, 7) is 1.01. The van der Waals surface area contributed by atoms with Crippen molar-refractivity contribution in [3.8, 4) is 0 Å². The predicted octanol–water partition coefficient (Wildman–Crippen LogP) is 3.98. The van der Waals surface area contributed by atoms with Gasteiger partial charge in [-0.2, -0.15) is 0 Å². The van der Waals surface area contributed by atoms with Crippen LogP contribution >= 0.6 is 0 Å². The molecule has 0 aromatic heterocycles. The molecule has 5 nitrogen and oxygen atoms in total. The number of benzene rings is 2. The third-order valence-electron chi connectivity index (χ3n) is 4.37. The van der Waals surface area contributed by atoms with Crippen LogP contribution in [0.2, 0.25) is 0 Å². The summed E-state index contributed by atoms with van der Waals surface area (Å²) >= 11 is 0. The van der Waals surface area contributed by atoms with Crippen LogP contribution in [0.3, 0.4) is 0 Å². The van der Waals surface area contributed by atoms with Gasteiger partial charge in [-0.15, -0.1) is 0 Å². The minimum absolute atomic E-state index is 0.120. The number of rotatable bonds is 5. The Morgan fingerprint density at radius 2 is 1.96 bits per heavy atom. The Balaban J connectivity index is 1.90. The molecule has 3 rings (SSSR count). The largest absolute Gasteiger partial charge is 0.311 e. The molecule has 1 saturated heterocycles. The number of nitro benzene ring substituents is 1. The molecule has 25 heavy (non-hydrogen) atoms. The first-order valence-corrected chi connectivity index (χ1v) is 8.45. The van der Waals surface area contributed by atoms with Gasteiger partial charge in [-0.3, -0.25) is 14.9 Å². The first-order chi connectivity index (χ1) is 12.1. The van der Waals surface area contributed by atoms with Crippen LogP contribution in [-0.4, -0.2) is 23.3 Å². The highest BCUT2D eigenvalue weighted by atomic mass is 16.6. The van der Waals surface area contributed by atoms with E-state index in [1.54, 1.807) is 36.4 Å². The Bertz CT molecular complexity index is 794. The highest BCUT2D eigenvalue weighted by molar-refractivity contribution is 6.11. The van der Waals surface area contributed by atoms with Crippen LogP contribution in [0.15, 0.2) is 54.6 Å². The van der Waals surface area contributed by atoms with Crippen LogP contribution in [0.4, 0.5) is 5.69 Å². The number of ketones is 1. The molecule has 1 fully saturated rings. The van der Waals surface area contributed by atoms with Gasteiger partial charge in [0.15, 0.2) is 5.78 Å². The highest BCUT2D eigenvalue weighted by Crippen LogP contribution is 2.24. The zero-order valence-corrected chi connectivity index (χ0v) is 13.9. The number of nitrogens with zero attached hydrogens (tertiary/aromatic N) is 1. The van der Waals surface area contributed by atoms with Gasteiger partial charge in [0.05, 0.1) is 4.92 Å². The molecule has 0 aliphatic carbocycles. The van der Waals surface area contributed by atoms with Gasteiger partial charge in [-0.25, -0.2) is 0 Å². The fourth-order valence-electron chi connectivity index (χ4n) is 3.01. The van der Waals surface area contributed by atoms with Gasteiger partial charge >= 0.3 is 0 Å². The van der Waals surface area contributed by atoms with E-state index in [0.717, 1.165) is 18.5 Å². The SMILES string of the molecule is O=C(c1ccccc1)c1cc(/C=C/C2CCCCN2)ccc1[N+](=O)[O-]. The minimum atomic E-state index is -0.508. The average molecular weight is 336 g/mol. The van der Waals surface area contributed by atoms with Gasteiger partial charge in [-0.05, 0) is 37.1 Å². The van der Waals surface area contributed by atoms with Crippen molar-refractivity contribution in [3.63, 3.8) is 0 Å². The van der Waals surface area contributed by atoms with E-state index in [4.69, 9.17) is 0 Å². The Kier molecular flexibility index (Phi) is 5.36. The number of carbonyl (C=O) groups is 1. The lowest BCUT2D eigenvalue weighted by atomic mass is 9.98. The lowest BCUT2D eigenvalue weighted by Gasteiger charge is -2.20. The van der Waals surface area contributed by atoms with Gasteiger partial charge in [0, 0.05) is 17.7 Å². The third-order valence-corrected chi connectivity index (χ3v) is 4.37. The van der Waals surface area contributed by atoms with Crippen molar-refractivity contribution in [1.82, 2.24) is 5.32 Å². The van der Waals surface area contributed by atoms with Crippen molar-refractivity contribution in [3.05, 3.63) is 81.4 Å². The summed E-state index contributed by atoms with van der Waals surface area (Å²) < 4.78 is 0. The molecule has 1 atom stereocenters. The zero-order chi connectivity index (χ0) is 17.6. The fraction of sp³-hybridized carbons (Fsp3) is 0.250. The quantitative estimate of drug-likeness (QED) is 0.509. The van der Waals surface area contributed by atoms with E-state index in [0.29, 0.717) is 11.6 Å². The van der Waals surface area contributed by atoms with Gasteiger partial charge in [0.25, 0.3) is 5.69 Å². The monoisotopic (exact) mass is 336 g/mol. The molecule has 2 aromatic carbocycles. The van der Waals surface area contributed by atoms with E-state index in [1.165, 1.54) is 18.9 Å². The summed E-state index contributed by atoms with van der Waals surface area (Å²) in [6.07, 6.45) is 7.46. The molecule has 5 heteroatoms. The molecule has 0 spiro atoms. The van der Waals surface area contributed by atoms with Crippen LogP contribution < -0.4 is 5.32 Å². The second kappa shape index (κ2) is 7.85. The maximum Gasteiger partial charge on any atom is 0.280 e. The fourth-order valence-corrected chi connectivity index (χ4v) is 3.01. The lowest BCUT2D eigenvalue weighted by molar-refractivity contribution is -0.385. The molecular weight excluding hydrogens is 316 g/mol. The molecule has 1 aliphatic rings. The summed E-state index contributed by atoms with van der Waals surface area (Å²) in [5.74, 6) is -0.335. The number of nitrogens with one attached hydrogen (secondary N) is 1. The number of piperidine rings is 1. The predicted molar refractivity (Wildman–Crippen MR) is 97.6 cm³/mol. The molecule has 0 saturated carbocycles. The van der Waals surface area contributed by atoms with E-state index >= 15 is 0 Å². The van der Waals surface area contributed by atoms with E-state index in [-0.39, 0.29) is 17.0 Å². The molecule has 1 unspecified atom stereocenters. The van der Waals surface area contributed by atoms with Crippen LogP contribution in [0.25, 0.3) is 6.08 Å². The van der Waals surface area contributed by atoms with Crippen LogP contribution in [0, 0.1) is 10.1 Å². The number of hydrogen-bond donors (Lipinski definition) is 1. The van der Waals surface area contributed by atoms with Crippen molar-refractivity contribution in [2.45, 2.75) is 25.3 Å². The maximum atomic E-state index is 12.7. The van der Waals surface area contributed by atoms with Crippen molar-refractivity contribution in [1.29, 1.82) is 0 Å². The van der Waals surface area contributed by atoms with Crippen LogP contribution in [-0.2, 0) is 0 Å².